The molecule has 2 atom stereocenters. The fraction of sp³-hybridized carbons (Fsp3) is 0.185. The summed E-state index contributed by atoms with van der Waals surface area (Å²) < 4.78 is 2.17. The lowest BCUT2D eigenvalue weighted by Gasteiger charge is -2.28. The monoisotopic (exact) mass is 482 g/mol. The first kappa shape index (κ1) is 22.7. The van der Waals surface area contributed by atoms with Crippen molar-refractivity contribution in [2.24, 2.45) is 0 Å². The number of anilines is 2. The molecule has 0 aliphatic carbocycles. The average molecular weight is 483 g/mol. The Labute approximate surface area is 209 Å². The molecule has 4 heterocycles. The minimum atomic E-state index is -0.142. The zero-order chi connectivity index (χ0) is 24.5. The largest absolute Gasteiger partial charge is 0.351 e. The quantitative estimate of drug-likeness (QED) is 0.389. The van der Waals surface area contributed by atoms with Crippen LogP contribution >= 0.6 is 12.2 Å². The number of nitrogens with one attached hydrogen (secondary N) is 2. The second kappa shape index (κ2) is 9.31. The SMILES string of the molecule is CC(=O)Nc1ccc(N2C(=S)N[C@@H](c3ccccn3)[C@@H]2c2cc(C)n(-c3ccccn3)c2C)cc1. The van der Waals surface area contributed by atoms with Gasteiger partial charge in [0.15, 0.2) is 5.11 Å². The van der Waals surface area contributed by atoms with Crippen LogP contribution in [0.25, 0.3) is 5.82 Å². The van der Waals surface area contributed by atoms with E-state index in [-0.39, 0.29) is 18.0 Å². The second-order valence-electron chi connectivity index (χ2n) is 8.57. The van der Waals surface area contributed by atoms with Gasteiger partial charge in [-0.3, -0.25) is 9.78 Å². The summed E-state index contributed by atoms with van der Waals surface area (Å²) in [4.78, 5) is 22.8. The van der Waals surface area contributed by atoms with E-state index in [1.165, 1.54) is 6.92 Å². The van der Waals surface area contributed by atoms with Crippen molar-refractivity contribution >= 4 is 34.6 Å². The van der Waals surface area contributed by atoms with Crippen LogP contribution in [0.5, 0.6) is 0 Å². The van der Waals surface area contributed by atoms with E-state index < -0.39 is 0 Å². The third-order valence-corrected chi connectivity index (χ3v) is 6.55. The minimum absolute atomic E-state index is 0.105. The van der Waals surface area contributed by atoms with Crippen molar-refractivity contribution in [2.45, 2.75) is 32.9 Å². The smallest absolute Gasteiger partial charge is 0.221 e. The summed E-state index contributed by atoms with van der Waals surface area (Å²) in [5.41, 5.74) is 5.92. The molecule has 2 N–H and O–H groups in total. The second-order valence-corrected chi connectivity index (χ2v) is 8.96. The summed E-state index contributed by atoms with van der Waals surface area (Å²) in [6.45, 7) is 5.71. The van der Waals surface area contributed by atoms with E-state index in [0.717, 1.165) is 39.8 Å². The molecule has 0 unspecified atom stereocenters. The van der Waals surface area contributed by atoms with Gasteiger partial charge in [0.05, 0.1) is 17.8 Å². The maximum absolute atomic E-state index is 11.5. The van der Waals surface area contributed by atoms with Crippen molar-refractivity contribution in [1.82, 2.24) is 19.9 Å². The number of amides is 1. The molecule has 1 aliphatic heterocycles. The molecule has 0 spiro atoms. The van der Waals surface area contributed by atoms with Crippen LogP contribution in [0, 0.1) is 13.8 Å². The fourth-order valence-corrected chi connectivity index (χ4v) is 5.13. The first-order valence-electron chi connectivity index (χ1n) is 11.4. The molecule has 1 saturated heterocycles. The van der Waals surface area contributed by atoms with Gasteiger partial charge in [0, 0.05) is 42.1 Å². The molecule has 176 valence electrons. The van der Waals surface area contributed by atoms with Crippen molar-refractivity contribution in [3.8, 4) is 5.82 Å². The topological polar surface area (TPSA) is 75.1 Å². The van der Waals surface area contributed by atoms with E-state index in [0.29, 0.717) is 5.11 Å². The Morgan fingerprint density at radius 2 is 1.71 bits per heavy atom. The number of thiocarbonyl (C=S) groups is 1. The Kier molecular flexibility index (Phi) is 6.05. The van der Waals surface area contributed by atoms with Crippen LogP contribution in [0.1, 0.15) is 41.7 Å². The highest BCUT2D eigenvalue weighted by molar-refractivity contribution is 7.80. The molecular weight excluding hydrogens is 456 g/mol. The number of benzene rings is 1. The molecule has 35 heavy (non-hydrogen) atoms. The highest BCUT2D eigenvalue weighted by atomic mass is 32.1. The van der Waals surface area contributed by atoms with Crippen LogP contribution in [0.3, 0.4) is 0 Å². The number of aromatic nitrogens is 3. The molecule has 8 heteroatoms. The maximum atomic E-state index is 11.5. The van der Waals surface area contributed by atoms with Crippen molar-refractivity contribution in [3.63, 3.8) is 0 Å². The van der Waals surface area contributed by atoms with Gasteiger partial charge in [-0.05, 0) is 86.2 Å². The van der Waals surface area contributed by atoms with Crippen molar-refractivity contribution in [1.29, 1.82) is 0 Å². The molecule has 1 fully saturated rings. The van der Waals surface area contributed by atoms with Gasteiger partial charge in [-0.1, -0.05) is 12.1 Å². The molecule has 3 aromatic heterocycles. The summed E-state index contributed by atoms with van der Waals surface area (Å²) in [5, 5.41) is 6.96. The Hall–Kier alpha value is -4.04. The van der Waals surface area contributed by atoms with Crippen LogP contribution in [0.4, 0.5) is 11.4 Å². The molecule has 0 bridgehead atoms. The van der Waals surface area contributed by atoms with Gasteiger partial charge in [-0.15, -0.1) is 0 Å². The van der Waals surface area contributed by atoms with Gasteiger partial charge in [-0.2, -0.15) is 0 Å². The van der Waals surface area contributed by atoms with Crippen LogP contribution in [0.2, 0.25) is 0 Å². The zero-order valence-electron chi connectivity index (χ0n) is 19.8. The van der Waals surface area contributed by atoms with Crippen LogP contribution in [0.15, 0.2) is 79.1 Å². The summed E-state index contributed by atoms with van der Waals surface area (Å²) >= 11 is 5.85. The van der Waals surface area contributed by atoms with Gasteiger partial charge >= 0.3 is 0 Å². The lowest BCUT2D eigenvalue weighted by Crippen LogP contribution is -2.29. The Morgan fingerprint density at radius 3 is 2.34 bits per heavy atom. The highest BCUT2D eigenvalue weighted by Gasteiger charge is 2.42. The zero-order valence-corrected chi connectivity index (χ0v) is 20.6. The predicted molar refractivity (Wildman–Crippen MR) is 142 cm³/mol. The summed E-state index contributed by atoms with van der Waals surface area (Å²) in [7, 11) is 0. The van der Waals surface area contributed by atoms with Crippen LogP contribution in [-0.4, -0.2) is 25.6 Å². The molecule has 0 radical (unpaired) electrons. The summed E-state index contributed by atoms with van der Waals surface area (Å²) in [6, 6.07) is 21.5. The summed E-state index contributed by atoms with van der Waals surface area (Å²) in [6.07, 6.45) is 3.61. The van der Waals surface area contributed by atoms with Crippen molar-refractivity contribution in [3.05, 3.63) is 102 Å². The molecule has 5 rings (SSSR count). The normalized spacial score (nSPS) is 17.3. The number of aryl methyl sites for hydroxylation is 1. The van der Waals surface area contributed by atoms with E-state index in [1.807, 2.05) is 60.7 Å². The Bertz CT molecular complexity index is 1370. The Morgan fingerprint density at radius 1 is 1.00 bits per heavy atom. The highest BCUT2D eigenvalue weighted by Crippen LogP contribution is 2.43. The predicted octanol–water partition coefficient (Wildman–Crippen LogP) is 5.02. The van der Waals surface area contributed by atoms with Gasteiger partial charge in [0.25, 0.3) is 0 Å². The molecule has 1 amide bonds. The number of rotatable bonds is 5. The van der Waals surface area contributed by atoms with E-state index in [4.69, 9.17) is 12.2 Å². The van der Waals surface area contributed by atoms with Gasteiger partial charge in [0.1, 0.15) is 5.82 Å². The van der Waals surface area contributed by atoms with E-state index in [9.17, 15) is 4.79 Å². The number of pyridine rings is 2. The molecule has 1 aliphatic rings. The molecular formula is C27H26N6OS. The van der Waals surface area contributed by atoms with Crippen molar-refractivity contribution in [2.75, 3.05) is 10.2 Å². The van der Waals surface area contributed by atoms with Gasteiger partial charge < -0.3 is 20.1 Å². The first-order valence-corrected chi connectivity index (χ1v) is 11.8. The molecule has 4 aromatic rings. The fourth-order valence-electron chi connectivity index (χ4n) is 4.78. The van der Waals surface area contributed by atoms with E-state index >= 15 is 0 Å². The van der Waals surface area contributed by atoms with Crippen LogP contribution in [-0.2, 0) is 4.79 Å². The van der Waals surface area contributed by atoms with Crippen LogP contribution < -0.4 is 15.5 Å². The standard InChI is InChI=1S/C27H26N6OS/c1-17-16-22(18(2)32(17)24-9-5-7-15-29-24)26-25(23-8-4-6-14-28-23)31-27(35)33(26)21-12-10-20(11-13-21)30-19(3)34/h4-16,25-26H,1-3H3,(H,30,34)(H,31,35)/t25-,26-/m0/s1. The van der Waals surface area contributed by atoms with E-state index in [2.05, 4.69) is 50.0 Å². The van der Waals surface area contributed by atoms with E-state index in [1.54, 1.807) is 12.4 Å². The van der Waals surface area contributed by atoms with Crippen molar-refractivity contribution < 1.29 is 4.79 Å². The molecule has 0 saturated carbocycles. The summed E-state index contributed by atoms with van der Waals surface area (Å²) in [5.74, 6) is 0.772. The number of nitrogens with zero attached hydrogens (tertiary/aromatic N) is 4. The minimum Gasteiger partial charge on any atom is -0.351 e. The van der Waals surface area contributed by atoms with Gasteiger partial charge in [-0.25, -0.2) is 4.98 Å². The maximum Gasteiger partial charge on any atom is 0.221 e. The lowest BCUT2D eigenvalue weighted by atomic mass is 9.96. The Balaban J connectivity index is 1.63. The number of hydrogen-bond acceptors (Lipinski definition) is 4. The molecule has 1 aromatic carbocycles. The molecule has 7 nitrogen and oxygen atoms in total. The average Bonchev–Trinajstić information content (AvgIpc) is 3.35. The first-order chi connectivity index (χ1) is 16.9. The third kappa shape index (κ3) is 4.28. The number of hydrogen-bond donors (Lipinski definition) is 2. The number of carbonyl (C=O) groups excluding carboxylic acids is 1. The third-order valence-electron chi connectivity index (χ3n) is 6.23. The lowest BCUT2D eigenvalue weighted by molar-refractivity contribution is -0.114. The number of carbonyl (C=O) groups is 1. The van der Waals surface area contributed by atoms with Gasteiger partial charge in [0.2, 0.25) is 5.91 Å².